The number of carbonyl (C=O) groups is 1. The molecule has 0 bridgehead atoms. The van der Waals surface area contributed by atoms with Crippen LogP contribution in [0.5, 0.6) is 17.2 Å². The highest BCUT2D eigenvalue weighted by Crippen LogP contribution is 2.36. The Bertz CT molecular complexity index is 874. The highest BCUT2D eigenvalue weighted by molar-refractivity contribution is 5.95. The summed E-state index contributed by atoms with van der Waals surface area (Å²) in [6.07, 6.45) is -0.667. The highest BCUT2D eigenvalue weighted by Gasteiger charge is 2.38. The zero-order chi connectivity index (χ0) is 21.0. The van der Waals surface area contributed by atoms with E-state index in [2.05, 4.69) is 0 Å². The summed E-state index contributed by atoms with van der Waals surface area (Å²) in [5.74, 6) is -0.232. The number of morpholine rings is 1. The van der Waals surface area contributed by atoms with Crippen molar-refractivity contribution in [2.45, 2.75) is 12.1 Å². The number of hydrogen-bond acceptors (Lipinski definition) is 6. The Labute approximate surface area is 168 Å². The van der Waals surface area contributed by atoms with Crippen LogP contribution >= 0.6 is 0 Å². The molecule has 1 heterocycles. The van der Waals surface area contributed by atoms with Crippen LogP contribution in [0, 0.1) is 5.82 Å². The molecule has 0 unspecified atom stereocenters. The first kappa shape index (κ1) is 20.9. The Balaban J connectivity index is 2.04. The minimum Gasteiger partial charge on any atom is -0.494 e. The van der Waals surface area contributed by atoms with Crippen LogP contribution in [0.1, 0.15) is 22.0 Å². The Hall–Kier alpha value is -2.84. The van der Waals surface area contributed by atoms with Gasteiger partial charge in [-0.15, -0.1) is 0 Å². The third kappa shape index (κ3) is 3.99. The maximum atomic E-state index is 14.7. The molecule has 1 aliphatic rings. The number of methoxy groups -OCH3 is 3. The molecule has 3 rings (SSSR count). The van der Waals surface area contributed by atoms with Gasteiger partial charge in [0.1, 0.15) is 6.10 Å². The van der Waals surface area contributed by atoms with Gasteiger partial charge in [0.2, 0.25) is 0 Å². The number of ether oxygens (including phenoxy) is 4. The van der Waals surface area contributed by atoms with Crippen molar-refractivity contribution in [2.75, 3.05) is 41.1 Å². The molecule has 0 aromatic heterocycles. The maximum absolute atomic E-state index is 14.7. The van der Waals surface area contributed by atoms with Crippen molar-refractivity contribution in [3.63, 3.8) is 0 Å². The van der Waals surface area contributed by atoms with Crippen LogP contribution in [0.4, 0.5) is 4.39 Å². The van der Waals surface area contributed by atoms with E-state index in [1.54, 1.807) is 24.3 Å². The normalized spacial score (nSPS) is 19.0. The lowest BCUT2D eigenvalue weighted by Crippen LogP contribution is -2.49. The summed E-state index contributed by atoms with van der Waals surface area (Å²) in [7, 11) is 4.38. The SMILES string of the molecule is COc1ccc([C@@H]2[C@@H](CO)OCCN2C(=O)c2cccc(OC)c2F)cc1OC. The van der Waals surface area contributed by atoms with Crippen LogP contribution in [0.3, 0.4) is 0 Å². The molecule has 29 heavy (non-hydrogen) atoms. The summed E-state index contributed by atoms with van der Waals surface area (Å²) >= 11 is 0. The molecule has 1 N–H and O–H groups in total. The summed E-state index contributed by atoms with van der Waals surface area (Å²) in [5.41, 5.74) is 0.575. The fourth-order valence-corrected chi connectivity index (χ4v) is 3.53. The smallest absolute Gasteiger partial charge is 0.257 e. The Morgan fingerprint density at radius 3 is 2.52 bits per heavy atom. The fraction of sp³-hybridized carbons (Fsp3) is 0.381. The van der Waals surface area contributed by atoms with E-state index in [9.17, 15) is 14.3 Å². The van der Waals surface area contributed by atoms with Gasteiger partial charge in [0.15, 0.2) is 23.1 Å². The van der Waals surface area contributed by atoms with Crippen molar-refractivity contribution in [3.05, 3.63) is 53.3 Å². The summed E-state index contributed by atoms with van der Waals surface area (Å²) in [6, 6.07) is 9.00. The van der Waals surface area contributed by atoms with Gasteiger partial charge in [-0.3, -0.25) is 4.79 Å². The second kappa shape index (κ2) is 9.11. The standard InChI is InChI=1S/C21H24FNO6/c1-26-15-8-7-13(11-17(15)28-3)20-18(12-24)29-10-9-23(20)21(25)14-5-4-6-16(27-2)19(14)22/h4-8,11,18,20,24H,9-10,12H2,1-3H3/t18-,20-/m1/s1. The molecule has 1 aliphatic heterocycles. The average Bonchev–Trinajstić information content (AvgIpc) is 2.77. The van der Waals surface area contributed by atoms with Crippen LogP contribution in [-0.4, -0.2) is 63.1 Å². The largest absolute Gasteiger partial charge is 0.494 e. The first-order chi connectivity index (χ1) is 14.0. The third-order valence-corrected chi connectivity index (χ3v) is 4.96. The van der Waals surface area contributed by atoms with Gasteiger partial charge in [-0.1, -0.05) is 12.1 Å². The first-order valence-electron chi connectivity index (χ1n) is 9.13. The molecular weight excluding hydrogens is 381 g/mol. The second-order valence-corrected chi connectivity index (χ2v) is 6.47. The molecule has 0 saturated carbocycles. The van der Waals surface area contributed by atoms with Crippen molar-refractivity contribution >= 4 is 5.91 Å². The maximum Gasteiger partial charge on any atom is 0.257 e. The highest BCUT2D eigenvalue weighted by atomic mass is 19.1. The lowest BCUT2D eigenvalue weighted by Gasteiger charge is -2.41. The van der Waals surface area contributed by atoms with E-state index in [1.807, 2.05) is 0 Å². The van der Waals surface area contributed by atoms with Gasteiger partial charge < -0.3 is 29.0 Å². The number of nitrogens with zero attached hydrogens (tertiary/aromatic N) is 1. The zero-order valence-corrected chi connectivity index (χ0v) is 16.6. The van der Waals surface area contributed by atoms with Crippen LogP contribution in [0.15, 0.2) is 36.4 Å². The van der Waals surface area contributed by atoms with Crippen molar-refractivity contribution in [3.8, 4) is 17.2 Å². The summed E-state index contributed by atoms with van der Waals surface area (Å²) < 4.78 is 36.0. The van der Waals surface area contributed by atoms with E-state index >= 15 is 0 Å². The zero-order valence-electron chi connectivity index (χ0n) is 16.6. The van der Waals surface area contributed by atoms with Gasteiger partial charge in [0.05, 0.1) is 46.1 Å². The number of carbonyl (C=O) groups excluding carboxylic acids is 1. The molecular formula is C21H24FNO6. The van der Waals surface area contributed by atoms with Crippen molar-refractivity contribution in [1.29, 1.82) is 0 Å². The lowest BCUT2D eigenvalue weighted by atomic mass is 9.96. The minimum absolute atomic E-state index is 0.00881. The molecule has 7 nitrogen and oxygen atoms in total. The number of hydrogen-bond donors (Lipinski definition) is 1. The molecule has 1 fully saturated rings. The monoisotopic (exact) mass is 405 g/mol. The van der Waals surface area contributed by atoms with Gasteiger partial charge in [-0.25, -0.2) is 4.39 Å². The van der Waals surface area contributed by atoms with Crippen molar-refractivity contribution in [1.82, 2.24) is 4.90 Å². The van der Waals surface area contributed by atoms with E-state index < -0.39 is 23.9 Å². The molecule has 0 spiro atoms. The topological polar surface area (TPSA) is 77.5 Å². The first-order valence-corrected chi connectivity index (χ1v) is 9.13. The summed E-state index contributed by atoms with van der Waals surface area (Å²) in [4.78, 5) is 14.8. The molecule has 2 atom stereocenters. The average molecular weight is 405 g/mol. The fourth-order valence-electron chi connectivity index (χ4n) is 3.53. The molecule has 156 valence electrons. The van der Waals surface area contributed by atoms with Crippen LogP contribution < -0.4 is 14.2 Å². The van der Waals surface area contributed by atoms with Gasteiger partial charge in [-0.2, -0.15) is 0 Å². The van der Waals surface area contributed by atoms with Crippen LogP contribution in [0.2, 0.25) is 0 Å². The molecule has 1 amide bonds. The third-order valence-electron chi connectivity index (χ3n) is 4.96. The molecule has 1 saturated heterocycles. The van der Waals surface area contributed by atoms with Gasteiger partial charge in [0.25, 0.3) is 5.91 Å². The predicted octanol–water partition coefficient (Wildman–Crippen LogP) is 2.43. The Morgan fingerprint density at radius 2 is 1.86 bits per heavy atom. The number of aliphatic hydroxyl groups excluding tert-OH is 1. The molecule has 2 aromatic carbocycles. The molecule has 0 radical (unpaired) electrons. The molecule has 2 aromatic rings. The van der Waals surface area contributed by atoms with Gasteiger partial charge in [0, 0.05) is 6.54 Å². The minimum atomic E-state index is -0.724. The summed E-state index contributed by atoms with van der Waals surface area (Å²) in [5, 5.41) is 9.84. The van der Waals surface area contributed by atoms with E-state index in [1.165, 1.54) is 38.4 Å². The number of halogens is 1. The Morgan fingerprint density at radius 1 is 1.14 bits per heavy atom. The van der Waals surface area contributed by atoms with Gasteiger partial charge >= 0.3 is 0 Å². The number of benzene rings is 2. The number of rotatable bonds is 6. The second-order valence-electron chi connectivity index (χ2n) is 6.47. The number of amides is 1. The van der Waals surface area contributed by atoms with Crippen LogP contribution in [-0.2, 0) is 4.74 Å². The quantitative estimate of drug-likeness (QED) is 0.796. The van der Waals surface area contributed by atoms with Crippen LogP contribution in [0.25, 0.3) is 0 Å². The Kier molecular flexibility index (Phi) is 6.56. The molecule has 0 aliphatic carbocycles. The van der Waals surface area contributed by atoms with Crippen molar-refractivity contribution in [2.24, 2.45) is 0 Å². The lowest BCUT2D eigenvalue weighted by molar-refractivity contribution is -0.0812. The predicted molar refractivity (Wildman–Crippen MR) is 103 cm³/mol. The summed E-state index contributed by atoms with van der Waals surface area (Å²) in [6.45, 7) is 0.167. The van der Waals surface area contributed by atoms with Crippen molar-refractivity contribution < 1.29 is 33.2 Å². The van der Waals surface area contributed by atoms with Gasteiger partial charge in [-0.05, 0) is 29.8 Å². The van der Waals surface area contributed by atoms with E-state index in [-0.39, 0.29) is 31.1 Å². The van der Waals surface area contributed by atoms with E-state index in [4.69, 9.17) is 18.9 Å². The van der Waals surface area contributed by atoms with E-state index in [0.717, 1.165) is 0 Å². The molecule has 8 heteroatoms. The van der Waals surface area contributed by atoms with E-state index in [0.29, 0.717) is 17.1 Å². The number of aliphatic hydroxyl groups is 1.